The second-order valence-corrected chi connectivity index (χ2v) is 5.35. The highest BCUT2D eigenvalue weighted by molar-refractivity contribution is 7.92. The molecule has 0 fully saturated rings. The van der Waals surface area contributed by atoms with E-state index in [2.05, 4.69) is 16.6 Å². The molecule has 0 N–H and O–H groups in total. The van der Waals surface area contributed by atoms with Crippen LogP contribution in [0.5, 0.6) is 0 Å². The van der Waals surface area contributed by atoms with Crippen molar-refractivity contribution in [2.24, 2.45) is 0 Å². The fraction of sp³-hybridized carbons (Fsp3) is 0.500. The van der Waals surface area contributed by atoms with E-state index < -0.39 is 20.6 Å². The topological polar surface area (TPSA) is 60.4 Å². The highest BCUT2D eigenvalue weighted by Crippen LogP contribution is 2.26. The molecule has 0 atom stereocenters. The first-order chi connectivity index (χ1) is 6.85. The van der Waals surface area contributed by atoms with E-state index in [0.717, 1.165) is 13.4 Å². The minimum atomic E-state index is -3.72. The first-order valence-electron chi connectivity index (χ1n) is 4.00. The van der Waals surface area contributed by atoms with Gasteiger partial charge in [0.05, 0.1) is 7.11 Å². The SMILES string of the molecule is C#CCC(CC#C)(C(=O)OC)S(C)(=O)=O. The summed E-state index contributed by atoms with van der Waals surface area (Å²) in [4.78, 5) is 11.5. The van der Waals surface area contributed by atoms with Crippen molar-refractivity contribution < 1.29 is 17.9 Å². The Labute approximate surface area is 89.9 Å². The van der Waals surface area contributed by atoms with Crippen LogP contribution in [0.4, 0.5) is 0 Å². The van der Waals surface area contributed by atoms with Gasteiger partial charge in [-0.15, -0.1) is 24.7 Å². The van der Waals surface area contributed by atoms with Crippen molar-refractivity contribution in [1.29, 1.82) is 0 Å². The number of rotatable bonds is 4. The van der Waals surface area contributed by atoms with Crippen LogP contribution in [0.2, 0.25) is 0 Å². The monoisotopic (exact) mass is 228 g/mol. The summed E-state index contributed by atoms with van der Waals surface area (Å²) in [5.74, 6) is 3.36. The fourth-order valence-electron chi connectivity index (χ4n) is 1.14. The molecule has 0 saturated carbocycles. The van der Waals surface area contributed by atoms with E-state index in [4.69, 9.17) is 12.8 Å². The van der Waals surface area contributed by atoms with Gasteiger partial charge in [0.25, 0.3) is 0 Å². The van der Waals surface area contributed by atoms with Crippen LogP contribution in [0, 0.1) is 24.7 Å². The van der Waals surface area contributed by atoms with E-state index in [1.54, 1.807) is 0 Å². The van der Waals surface area contributed by atoms with Gasteiger partial charge in [-0.25, -0.2) is 8.42 Å². The molecule has 0 aliphatic heterocycles. The molecule has 0 saturated heterocycles. The number of methoxy groups -OCH3 is 1. The molecule has 0 spiro atoms. The first kappa shape index (κ1) is 13.5. The second kappa shape index (κ2) is 4.86. The van der Waals surface area contributed by atoms with Gasteiger partial charge >= 0.3 is 5.97 Å². The van der Waals surface area contributed by atoms with Gasteiger partial charge in [0.1, 0.15) is 0 Å². The molecule has 0 heterocycles. The van der Waals surface area contributed by atoms with Crippen molar-refractivity contribution in [3.8, 4) is 24.7 Å². The van der Waals surface area contributed by atoms with Crippen LogP contribution in [-0.4, -0.2) is 32.5 Å². The van der Waals surface area contributed by atoms with Gasteiger partial charge in [0, 0.05) is 19.1 Å². The summed E-state index contributed by atoms with van der Waals surface area (Å²) in [6.07, 6.45) is 10.4. The maximum absolute atomic E-state index is 11.5. The number of hydrogen-bond acceptors (Lipinski definition) is 4. The molecule has 82 valence electrons. The van der Waals surface area contributed by atoms with E-state index in [0.29, 0.717) is 0 Å². The molecule has 0 bridgehead atoms. The summed E-state index contributed by atoms with van der Waals surface area (Å²) in [5, 5.41) is 0. The molecular formula is C10H12O4S. The lowest BCUT2D eigenvalue weighted by Gasteiger charge is -2.24. The standard InChI is InChI=1S/C10H12O4S/c1-5-7-10(8-6-2,9(11)14-3)15(4,12)13/h1-2H,7-8H2,3-4H3. The Morgan fingerprint density at radius 3 is 1.93 bits per heavy atom. The van der Waals surface area contributed by atoms with Crippen molar-refractivity contribution in [1.82, 2.24) is 0 Å². The molecule has 0 unspecified atom stereocenters. The smallest absolute Gasteiger partial charge is 0.329 e. The Hall–Kier alpha value is -1.46. The predicted molar refractivity (Wildman–Crippen MR) is 56.5 cm³/mol. The predicted octanol–water partition coefficient (Wildman–Crippen LogP) is -0.0106. The third kappa shape index (κ3) is 2.51. The zero-order valence-electron chi connectivity index (χ0n) is 8.61. The lowest BCUT2D eigenvalue weighted by Crippen LogP contribution is -2.46. The Morgan fingerprint density at radius 2 is 1.73 bits per heavy atom. The van der Waals surface area contributed by atoms with E-state index in [1.165, 1.54) is 0 Å². The largest absolute Gasteiger partial charge is 0.468 e. The van der Waals surface area contributed by atoms with E-state index >= 15 is 0 Å². The highest BCUT2D eigenvalue weighted by Gasteiger charge is 2.48. The number of carbonyl (C=O) groups excluding carboxylic acids is 1. The van der Waals surface area contributed by atoms with Crippen LogP contribution in [0.1, 0.15) is 12.8 Å². The number of carbonyl (C=O) groups is 1. The summed E-state index contributed by atoms with van der Waals surface area (Å²) in [5.41, 5.74) is 0. The van der Waals surface area contributed by atoms with Crippen molar-refractivity contribution in [2.75, 3.05) is 13.4 Å². The van der Waals surface area contributed by atoms with Gasteiger partial charge in [-0.1, -0.05) is 0 Å². The first-order valence-corrected chi connectivity index (χ1v) is 5.90. The summed E-state index contributed by atoms with van der Waals surface area (Å²) in [7, 11) is -2.63. The third-order valence-corrected chi connectivity index (χ3v) is 3.92. The second-order valence-electron chi connectivity index (χ2n) is 3.02. The maximum atomic E-state index is 11.5. The molecule has 0 aromatic heterocycles. The van der Waals surface area contributed by atoms with Crippen LogP contribution < -0.4 is 0 Å². The van der Waals surface area contributed by atoms with Crippen molar-refractivity contribution in [3.05, 3.63) is 0 Å². The summed E-state index contributed by atoms with van der Waals surface area (Å²) in [6.45, 7) is 0. The van der Waals surface area contributed by atoms with Crippen molar-refractivity contribution in [3.63, 3.8) is 0 Å². The molecular weight excluding hydrogens is 216 g/mol. The molecule has 0 rings (SSSR count). The molecule has 5 heteroatoms. The Balaban J connectivity index is 5.63. The molecule has 0 aromatic rings. The molecule has 0 aromatic carbocycles. The van der Waals surface area contributed by atoms with E-state index in [1.807, 2.05) is 0 Å². The number of terminal acetylenes is 2. The Morgan fingerprint density at radius 1 is 1.33 bits per heavy atom. The molecule has 15 heavy (non-hydrogen) atoms. The Bertz CT molecular complexity index is 403. The number of sulfone groups is 1. The third-order valence-electron chi connectivity index (χ3n) is 2.04. The fourth-order valence-corrected chi connectivity index (χ4v) is 2.21. The van der Waals surface area contributed by atoms with Crippen LogP contribution in [0.25, 0.3) is 0 Å². The van der Waals surface area contributed by atoms with Crippen LogP contribution in [0.3, 0.4) is 0 Å². The summed E-state index contributed by atoms with van der Waals surface area (Å²) < 4.78 is 25.7. The normalized spacial score (nSPS) is 11.2. The summed E-state index contributed by atoms with van der Waals surface area (Å²) >= 11 is 0. The van der Waals surface area contributed by atoms with Crippen molar-refractivity contribution in [2.45, 2.75) is 17.6 Å². The van der Waals surface area contributed by atoms with Gasteiger partial charge in [-0.3, -0.25) is 4.79 Å². The number of ether oxygens (including phenoxy) is 1. The average molecular weight is 228 g/mol. The molecule has 0 aliphatic carbocycles. The van der Waals surface area contributed by atoms with Gasteiger partial charge < -0.3 is 4.74 Å². The van der Waals surface area contributed by atoms with E-state index in [9.17, 15) is 13.2 Å². The van der Waals surface area contributed by atoms with Crippen LogP contribution >= 0.6 is 0 Å². The molecule has 0 radical (unpaired) electrons. The lowest BCUT2D eigenvalue weighted by atomic mass is 10.0. The maximum Gasteiger partial charge on any atom is 0.329 e. The van der Waals surface area contributed by atoms with Crippen LogP contribution in [-0.2, 0) is 19.4 Å². The number of hydrogen-bond donors (Lipinski definition) is 0. The lowest BCUT2D eigenvalue weighted by molar-refractivity contribution is -0.143. The zero-order valence-corrected chi connectivity index (χ0v) is 9.43. The highest BCUT2D eigenvalue weighted by atomic mass is 32.2. The summed E-state index contributed by atoms with van der Waals surface area (Å²) in [6, 6.07) is 0. The minimum Gasteiger partial charge on any atom is -0.468 e. The van der Waals surface area contributed by atoms with Gasteiger partial charge in [0.15, 0.2) is 14.6 Å². The Kier molecular flexibility index (Phi) is 4.39. The van der Waals surface area contributed by atoms with Gasteiger partial charge in [-0.05, 0) is 0 Å². The number of esters is 1. The van der Waals surface area contributed by atoms with E-state index in [-0.39, 0.29) is 12.8 Å². The van der Waals surface area contributed by atoms with Gasteiger partial charge in [0.2, 0.25) is 0 Å². The molecule has 4 nitrogen and oxygen atoms in total. The van der Waals surface area contributed by atoms with Crippen LogP contribution in [0.15, 0.2) is 0 Å². The van der Waals surface area contributed by atoms with Crippen molar-refractivity contribution >= 4 is 15.8 Å². The zero-order chi connectivity index (χ0) is 12.1. The quantitative estimate of drug-likeness (QED) is 0.501. The average Bonchev–Trinajstić information content (AvgIpc) is 2.14. The minimum absolute atomic E-state index is 0.289. The molecule has 0 amide bonds. The molecule has 0 aliphatic rings. The van der Waals surface area contributed by atoms with Gasteiger partial charge in [-0.2, -0.15) is 0 Å².